The van der Waals surface area contributed by atoms with E-state index in [2.05, 4.69) is 25.9 Å². The molecular formula is C15H17BrClN3O3. The molecule has 6 nitrogen and oxygen atoms in total. The summed E-state index contributed by atoms with van der Waals surface area (Å²) in [7, 11) is 0. The Balaban J connectivity index is 2.57. The number of carbonyl (C=O) groups excluding carboxylic acids is 1. The second-order valence-electron chi connectivity index (χ2n) is 5.10. The van der Waals surface area contributed by atoms with Crippen molar-refractivity contribution in [2.45, 2.75) is 32.9 Å². The normalized spacial score (nSPS) is 12.5. The molecule has 0 aliphatic rings. The van der Waals surface area contributed by atoms with E-state index in [1.54, 1.807) is 23.6 Å². The third-order valence-electron chi connectivity index (χ3n) is 3.18. The highest BCUT2D eigenvalue weighted by atomic mass is 79.9. The molecule has 1 N–H and O–H groups in total. The molecule has 23 heavy (non-hydrogen) atoms. The van der Waals surface area contributed by atoms with Crippen LogP contribution in [0.1, 0.15) is 54.8 Å². The van der Waals surface area contributed by atoms with Crippen LogP contribution in [0, 0.1) is 0 Å². The first-order valence-corrected chi connectivity index (χ1v) is 8.28. The Morgan fingerprint density at radius 3 is 2.70 bits per heavy atom. The minimum atomic E-state index is -1.13. The Morgan fingerprint density at radius 1 is 1.48 bits per heavy atom. The van der Waals surface area contributed by atoms with Gasteiger partial charge in [0.15, 0.2) is 10.4 Å². The molecule has 0 radical (unpaired) electrons. The van der Waals surface area contributed by atoms with Gasteiger partial charge in [-0.15, -0.1) is 0 Å². The molecule has 1 atom stereocenters. The van der Waals surface area contributed by atoms with Crippen molar-refractivity contribution in [2.75, 3.05) is 6.61 Å². The summed E-state index contributed by atoms with van der Waals surface area (Å²) in [5, 5.41) is 11.2. The molecular weight excluding hydrogens is 386 g/mol. The molecule has 0 spiro atoms. The molecule has 0 saturated heterocycles. The van der Waals surface area contributed by atoms with Crippen molar-refractivity contribution in [1.82, 2.24) is 14.5 Å². The lowest BCUT2D eigenvalue weighted by molar-refractivity contribution is 0.0513. The maximum absolute atomic E-state index is 12.2. The number of aliphatic hydroxyl groups excluding tert-OH is 1. The van der Waals surface area contributed by atoms with Gasteiger partial charge in [0.1, 0.15) is 6.10 Å². The highest BCUT2D eigenvalue weighted by Gasteiger charge is 2.30. The van der Waals surface area contributed by atoms with Gasteiger partial charge in [0.2, 0.25) is 0 Å². The predicted octanol–water partition coefficient (Wildman–Crippen LogP) is 3.53. The topological polar surface area (TPSA) is 77.2 Å². The summed E-state index contributed by atoms with van der Waals surface area (Å²) >= 11 is 9.16. The van der Waals surface area contributed by atoms with Gasteiger partial charge in [-0.25, -0.2) is 9.78 Å². The number of imidazole rings is 1. The molecule has 0 aromatic carbocycles. The van der Waals surface area contributed by atoms with Gasteiger partial charge in [-0.1, -0.05) is 11.6 Å². The molecule has 0 fully saturated rings. The quantitative estimate of drug-likeness (QED) is 0.774. The fourth-order valence-electron chi connectivity index (χ4n) is 2.21. The van der Waals surface area contributed by atoms with E-state index in [0.29, 0.717) is 21.1 Å². The molecule has 0 amide bonds. The zero-order valence-corrected chi connectivity index (χ0v) is 15.3. The van der Waals surface area contributed by atoms with Crippen LogP contribution in [0.2, 0.25) is 5.02 Å². The Bertz CT molecular complexity index is 701. The number of pyridine rings is 1. The van der Waals surface area contributed by atoms with Gasteiger partial charge in [0, 0.05) is 12.2 Å². The van der Waals surface area contributed by atoms with Crippen LogP contribution in [0.3, 0.4) is 0 Å². The molecule has 2 aromatic rings. The summed E-state index contributed by atoms with van der Waals surface area (Å²) in [6, 6.07) is 3.20. The van der Waals surface area contributed by atoms with Crippen LogP contribution in [-0.4, -0.2) is 32.2 Å². The average molecular weight is 403 g/mol. The SMILES string of the molecule is CCOC(=O)c1nc(Br)n(C(C)C)c1C(O)c1ccc(Cl)cn1. The van der Waals surface area contributed by atoms with E-state index in [1.165, 1.54) is 6.20 Å². The lowest BCUT2D eigenvalue weighted by atomic mass is 10.1. The van der Waals surface area contributed by atoms with Gasteiger partial charge in [-0.05, 0) is 48.8 Å². The van der Waals surface area contributed by atoms with E-state index in [1.807, 2.05) is 13.8 Å². The minimum absolute atomic E-state index is 0.0306. The third kappa shape index (κ3) is 3.73. The van der Waals surface area contributed by atoms with Crippen LogP contribution in [0.5, 0.6) is 0 Å². The molecule has 0 bridgehead atoms. The maximum atomic E-state index is 12.2. The molecule has 0 aliphatic carbocycles. The summed E-state index contributed by atoms with van der Waals surface area (Å²) in [6.45, 7) is 5.78. The number of hydrogen-bond acceptors (Lipinski definition) is 5. The standard InChI is InChI=1S/C15H17BrClN3O3/c1-4-23-14(22)11-12(20(8(2)3)15(16)19-11)13(21)10-6-5-9(17)7-18-10/h5-8,13,21H,4H2,1-3H3. The molecule has 2 aromatic heterocycles. The van der Waals surface area contributed by atoms with Crippen molar-refractivity contribution < 1.29 is 14.6 Å². The summed E-state index contributed by atoms with van der Waals surface area (Å²) in [6.07, 6.45) is 0.308. The van der Waals surface area contributed by atoms with Crippen molar-refractivity contribution in [3.8, 4) is 0 Å². The fourth-order valence-corrected chi connectivity index (χ4v) is 3.10. The molecule has 124 valence electrons. The van der Waals surface area contributed by atoms with Crippen LogP contribution < -0.4 is 0 Å². The van der Waals surface area contributed by atoms with E-state index < -0.39 is 12.1 Å². The van der Waals surface area contributed by atoms with E-state index >= 15 is 0 Å². The fraction of sp³-hybridized carbons (Fsp3) is 0.400. The van der Waals surface area contributed by atoms with E-state index in [9.17, 15) is 9.90 Å². The zero-order valence-electron chi connectivity index (χ0n) is 13.0. The lowest BCUT2D eigenvalue weighted by Crippen LogP contribution is -2.17. The summed E-state index contributed by atoms with van der Waals surface area (Å²) in [5.41, 5.74) is 0.770. The smallest absolute Gasteiger partial charge is 0.358 e. The summed E-state index contributed by atoms with van der Waals surface area (Å²) < 4.78 is 7.21. The molecule has 0 aliphatic heterocycles. The number of ether oxygens (including phenoxy) is 1. The zero-order chi connectivity index (χ0) is 17.1. The third-order valence-corrected chi connectivity index (χ3v) is 3.96. The van der Waals surface area contributed by atoms with Crippen molar-refractivity contribution in [3.63, 3.8) is 0 Å². The van der Waals surface area contributed by atoms with E-state index in [0.717, 1.165) is 0 Å². The number of carbonyl (C=O) groups is 1. The van der Waals surface area contributed by atoms with Gasteiger partial charge >= 0.3 is 5.97 Å². The average Bonchev–Trinajstić information content (AvgIpc) is 2.85. The Labute approximate surface area is 147 Å². The second-order valence-corrected chi connectivity index (χ2v) is 6.25. The monoisotopic (exact) mass is 401 g/mol. The number of halogens is 2. The summed E-state index contributed by atoms with van der Waals surface area (Å²) in [4.78, 5) is 20.5. The Morgan fingerprint density at radius 2 is 2.17 bits per heavy atom. The number of esters is 1. The van der Waals surface area contributed by atoms with Crippen molar-refractivity contribution in [3.05, 3.63) is 45.2 Å². The molecule has 1 unspecified atom stereocenters. The van der Waals surface area contributed by atoms with Crippen molar-refractivity contribution in [1.29, 1.82) is 0 Å². The molecule has 0 saturated carbocycles. The molecule has 2 rings (SSSR count). The number of nitrogens with zero attached hydrogens (tertiary/aromatic N) is 3. The lowest BCUT2D eigenvalue weighted by Gasteiger charge is -2.18. The second kappa shape index (κ2) is 7.42. The first-order chi connectivity index (χ1) is 10.9. The molecule has 8 heteroatoms. The summed E-state index contributed by atoms with van der Waals surface area (Å²) in [5.74, 6) is -0.587. The van der Waals surface area contributed by atoms with Gasteiger partial charge in [0.05, 0.1) is 23.0 Å². The van der Waals surface area contributed by atoms with Gasteiger partial charge in [0.25, 0.3) is 0 Å². The Kier molecular flexibility index (Phi) is 5.78. The largest absolute Gasteiger partial charge is 0.461 e. The van der Waals surface area contributed by atoms with Crippen molar-refractivity contribution >= 4 is 33.5 Å². The van der Waals surface area contributed by atoms with Gasteiger partial charge in [-0.2, -0.15) is 0 Å². The van der Waals surface area contributed by atoms with Gasteiger partial charge in [-0.3, -0.25) is 4.98 Å². The predicted molar refractivity (Wildman–Crippen MR) is 89.6 cm³/mol. The van der Waals surface area contributed by atoms with E-state index in [4.69, 9.17) is 16.3 Å². The van der Waals surface area contributed by atoms with Crippen LogP contribution in [0.15, 0.2) is 23.1 Å². The molecule has 2 heterocycles. The number of hydrogen-bond donors (Lipinski definition) is 1. The Hall–Kier alpha value is -1.44. The van der Waals surface area contributed by atoms with Gasteiger partial charge < -0.3 is 14.4 Å². The highest BCUT2D eigenvalue weighted by molar-refractivity contribution is 9.10. The first-order valence-electron chi connectivity index (χ1n) is 7.11. The van der Waals surface area contributed by atoms with Crippen molar-refractivity contribution in [2.24, 2.45) is 0 Å². The number of aliphatic hydroxyl groups is 1. The first kappa shape index (κ1) is 17.9. The maximum Gasteiger partial charge on any atom is 0.358 e. The van der Waals surface area contributed by atoms with Crippen LogP contribution >= 0.6 is 27.5 Å². The minimum Gasteiger partial charge on any atom is -0.461 e. The number of aromatic nitrogens is 3. The van der Waals surface area contributed by atoms with E-state index in [-0.39, 0.29) is 18.3 Å². The number of rotatable bonds is 5. The van der Waals surface area contributed by atoms with Crippen LogP contribution in [-0.2, 0) is 4.74 Å². The van der Waals surface area contributed by atoms with Crippen LogP contribution in [0.4, 0.5) is 0 Å². The van der Waals surface area contributed by atoms with Crippen LogP contribution in [0.25, 0.3) is 0 Å². The highest BCUT2D eigenvalue weighted by Crippen LogP contribution is 2.31.